The van der Waals surface area contributed by atoms with Gasteiger partial charge in [0.25, 0.3) is 0 Å². The van der Waals surface area contributed by atoms with Crippen LogP contribution in [0.2, 0.25) is 0 Å². The van der Waals surface area contributed by atoms with Crippen LogP contribution in [0.15, 0.2) is 24.3 Å². The molecular formula is C12H17N. The van der Waals surface area contributed by atoms with Crippen LogP contribution in [-0.4, -0.2) is 0 Å². The van der Waals surface area contributed by atoms with Gasteiger partial charge in [0.15, 0.2) is 0 Å². The van der Waals surface area contributed by atoms with E-state index in [1.54, 1.807) is 0 Å². The predicted molar refractivity (Wildman–Crippen MR) is 54.9 cm³/mol. The molecule has 0 radical (unpaired) electrons. The summed E-state index contributed by atoms with van der Waals surface area (Å²) >= 11 is 0. The fourth-order valence-corrected chi connectivity index (χ4v) is 1.80. The van der Waals surface area contributed by atoms with E-state index in [4.69, 9.17) is 5.26 Å². The summed E-state index contributed by atoms with van der Waals surface area (Å²) in [6.45, 7) is 6.67. The third kappa shape index (κ3) is 1.83. The van der Waals surface area contributed by atoms with Gasteiger partial charge in [0.2, 0.25) is 0 Å². The van der Waals surface area contributed by atoms with E-state index in [0.717, 1.165) is 0 Å². The fourth-order valence-electron chi connectivity index (χ4n) is 1.80. The molecule has 0 spiro atoms. The second-order valence-electron chi connectivity index (χ2n) is 4.23. The molecule has 1 nitrogen and oxygen atoms in total. The molecule has 70 valence electrons. The molecule has 0 amide bonds. The van der Waals surface area contributed by atoms with E-state index in [-0.39, 0.29) is 5.41 Å². The Balaban J connectivity index is 2.88. The van der Waals surface area contributed by atoms with Crippen LogP contribution < -0.4 is 0 Å². The van der Waals surface area contributed by atoms with Gasteiger partial charge in [-0.2, -0.15) is 5.26 Å². The molecule has 2 unspecified atom stereocenters. The Morgan fingerprint density at radius 2 is 2.15 bits per heavy atom. The van der Waals surface area contributed by atoms with Gasteiger partial charge >= 0.3 is 0 Å². The zero-order chi connectivity index (χ0) is 9.90. The SMILES string of the molecule is CC(C)C1(C)C=CC=CC1CC#N. The van der Waals surface area contributed by atoms with Gasteiger partial charge in [-0.15, -0.1) is 0 Å². The molecule has 13 heavy (non-hydrogen) atoms. The lowest BCUT2D eigenvalue weighted by molar-refractivity contribution is 0.214. The van der Waals surface area contributed by atoms with Crippen molar-refractivity contribution in [2.45, 2.75) is 27.2 Å². The molecule has 0 saturated heterocycles. The summed E-state index contributed by atoms with van der Waals surface area (Å²) in [5, 5.41) is 8.72. The first-order valence-electron chi connectivity index (χ1n) is 4.84. The number of rotatable bonds is 2. The monoisotopic (exact) mass is 175 g/mol. The van der Waals surface area contributed by atoms with E-state index in [9.17, 15) is 0 Å². The maximum atomic E-state index is 8.72. The summed E-state index contributed by atoms with van der Waals surface area (Å²) in [6, 6.07) is 2.26. The topological polar surface area (TPSA) is 23.8 Å². The van der Waals surface area contributed by atoms with Crippen molar-refractivity contribution in [3.8, 4) is 6.07 Å². The molecule has 0 aliphatic heterocycles. The molecule has 0 N–H and O–H groups in total. The second kappa shape index (κ2) is 3.79. The van der Waals surface area contributed by atoms with Gasteiger partial charge in [0.05, 0.1) is 6.07 Å². The second-order valence-corrected chi connectivity index (χ2v) is 4.23. The van der Waals surface area contributed by atoms with Gasteiger partial charge < -0.3 is 0 Å². The maximum Gasteiger partial charge on any atom is 0.0628 e. The zero-order valence-corrected chi connectivity index (χ0v) is 8.62. The highest BCUT2D eigenvalue weighted by atomic mass is 14.4. The van der Waals surface area contributed by atoms with Crippen LogP contribution in [0, 0.1) is 28.6 Å². The van der Waals surface area contributed by atoms with Crippen molar-refractivity contribution in [1.82, 2.24) is 0 Å². The first-order chi connectivity index (χ1) is 6.11. The van der Waals surface area contributed by atoms with E-state index in [1.807, 2.05) is 6.08 Å². The highest BCUT2D eigenvalue weighted by molar-refractivity contribution is 5.20. The number of nitrogens with zero attached hydrogens (tertiary/aromatic N) is 1. The minimum absolute atomic E-state index is 0.157. The maximum absolute atomic E-state index is 8.72. The Labute approximate surface area is 80.8 Å². The predicted octanol–water partition coefficient (Wildman–Crippen LogP) is 3.30. The fraction of sp³-hybridized carbons (Fsp3) is 0.583. The van der Waals surface area contributed by atoms with Crippen molar-refractivity contribution in [3.63, 3.8) is 0 Å². The van der Waals surface area contributed by atoms with Crippen LogP contribution in [0.3, 0.4) is 0 Å². The Hall–Kier alpha value is -1.03. The van der Waals surface area contributed by atoms with Gasteiger partial charge in [0.1, 0.15) is 0 Å². The van der Waals surface area contributed by atoms with Crippen molar-refractivity contribution in [2.24, 2.45) is 17.3 Å². The van der Waals surface area contributed by atoms with Crippen LogP contribution in [-0.2, 0) is 0 Å². The standard InChI is InChI=1S/C12H17N/c1-10(2)12(3)8-5-4-6-11(12)7-9-13/h4-6,8,10-11H,7H2,1-3H3. The van der Waals surface area contributed by atoms with Crippen LogP contribution >= 0.6 is 0 Å². The van der Waals surface area contributed by atoms with Crippen molar-refractivity contribution in [3.05, 3.63) is 24.3 Å². The minimum atomic E-state index is 0.157. The lowest BCUT2D eigenvalue weighted by Gasteiger charge is -2.37. The normalized spacial score (nSPS) is 32.1. The first-order valence-corrected chi connectivity index (χ1v) is 4.84. The average molecular weight is 175 g/mol. The van der Waals surface area contributed by atoms with Crippen LogP contribution in [0.25, 0.3) is 0 Å². The number of hydrogen-bond acceptors (Lipinski definition) is 1. The van der Waals surface area contributed by atoms with Gasteiger partial charge in [-0.3, -0.25) is 0 Å². The van der Waals surface area contributed by atoms with Gasteiger partial charge in [-0.1, -0.05) is 45.1 Å². The Morgan fingerprint density at radius 3 is 2.69 bits per heavy atom. The van der Waals surface area contributed by atoms with E-state index in [2.05, 4.69) is 45.1 Å². The molecule has 1 aliphatic rings. The summed E-state index contributed by atoms with van der Waals surface area (Å²) < 4.78 is 0. The molecule has 0 aromatic carbocycles. The highest BCUT2D eigenvalue weighted by Gasteiger charge is 2.34. The van der Waals surface area contributed by atoms with Gasteiger partial charge in [0, 0.05) is 6.42 Å². The highest BCUT2D eigenvalue weighted by Crippen LogP contribution is 2.41. The summed E-state index contributed by atoms with van der Waals surface area (Å²) in [7, 11) is 0. The van der Waals surface area contributed by atoms with Crippen molar-refractivity contribution >= 4 is 0 Å². The number of nitriles is 1. The van der Waals surface area contributed by atoms with Gasteiger partial charge in [-0.05, 0) is 17.3 Å². The molecule has 1 aliphatic carbocycles. The number of hydrogen-bond donors (Lipinski definition) is 0. The Morgan fingerprint density at radius 1 is 1.46 bits per heavy atom. The van der Waals surface area contributed by atoms with Crippen LogP contribution in [0.5, 0.6) is 0 Å². The smallest absolute Gasteiger partial charge is 0.0628 e. The van der Waals surface area contributed by atoms with E-state index >= 15 is 0 Å². The molecule has 0 bridgehead atoms. The van der Waals surface area contributed by atoms with Crippen molar-refractivity contribution in [1.29, 1.82) is 5.26 Å². The third-order valence-electron chi connectivity index (χ3n) is 3.26. The minimum Gasteiger partial charge on any atom is -0.198 e. The first kappa shape index (κ1) is 10.1. The number of allylic oxidation sites excluding steroid dienone is 4. The summed E-state index contributed by atoms with van der Waals surface area (Å²) in [6.07, 6.45) is 9.15. The molecule has 1 rings (SSSR count). The van der Waals surface area contributed by atoms with E-state index < -0.39 is 0 Å². The Kier molecular flexibility index (Phi) is 2.93. The molecule has 0 aromatic rings. The van der Waals surface area contributed by atoms with E-state index in [0.29, 0.717) is 18.3 Å². The molecule has 0 saturated carbocycles. The molecule has 0 aromatic heterocycles. The van der Waals surface area contributed by atoms with Crippen molar-refractivity contribution < 1.29 is 0 Å². The lowest BCUT2D eigenvalue weighted by Crippen LogP contribution is -2.30. The molecule has 1 heteroatoms. The van der Waals surface area contributed by atoms with Crippen LogP contribution in [0.4, 0.5) is 0 Å². The molecule has 0 fully saturated rings. The summed E-state index contributed by atoms with van der Waals surface area (Å²) in [4.78, 5) is 0. The average Bonchev–Trinajstić information content (AvgIpc) is 2.09. The molecule has 0 heterocycles. The third-order valence-corrected chi connectivity index (χ3v) is 3.26. The Bertz CT molecular complexity index is 267. The van der Waals surface area contributed by atoms with Crippen LogP contribution in [0.1, 0.15) is 27.2 Å². The zero-order valence-electron chi connectivity index (χ0n) is 8.62. The van der Waals surface area contributed by atoms with E-state index in [1.165, 1.54) is 0 Å². The van der Waals surface area contributed by atoms with Crippen molar-refractivity contribution in [2.75, 3.05) is 0 Å². The summed E-state index contributed by atoms with van der Waals surface area (Å²) in [5.74, 6) is 0.953. The summed E-state index contributed by atoms with van der Waals surface area (Å²) in [5.41, 5.74) is 0.157. The largest absolute Gasteiger partial charge is 0.198 e. The molecular weight excluding hydrogens is 158 g/mol. The lowest BCUT2D eigenvalue weighted by atomic mass is 9.66. The quantitative estimate of drug-likeness (QED) is 0.631. The van der Waals surface area contributed by atoms with Gasteiger partial charge in [-0.25, -0.2) is 0 Å². The molecule has 2 atom stereocenters.